The Morgan fingerprint density at radius 3 is 2.55 bits per heavy atom. The zero-order chi connectivity index (χ0) is 22.5. The molecule has 3 N–H and O–H groups in total. The maximum absolute atomic E-state index is 11.7. The van der Waals surface area contributed by atoms with Crippen molar-refractivity contribution in [2.24, 2.45) is 4.99 Å². The summed E-state index contributed by atoms with van der Waals surface area (Å²) in [4.78, 5) is 18.5. The minimum Gasteiger partial charge on any atom is -0.484 e. The molecule has 31 heavy (non-hydrogen) atoms. The SMILES string of the molecule is CCN(CC)CCCC(C)NC(=NC)NCCc1ccc(OCC(=O)NC2CC2)cc1. The van der Waals surface area contributed by atoms with Crippen molar-refractivity contribution in [1.29, 1.82) is 0 Å². The maximum atomic E-state index is 11.7. The van der Waals surface area contributed by atoms with E-state index in [1.807, 2.05) is 31.3 Å². The van der Waals surface area contributed by atoms with E-state index >= 15 is 0 Å². The first kappa shape index (κ1) is 25.0. The minimum atomic E-state index is -0.0445. The molecule has 0 aliphatic heterocycles. The monoisotopic (exact) mass is 431 g/mol. The molecule has 1 atom stereocenters. The first-order chi connectivity index (χ1) is 15.0. The summed E-state index contributed by atoms with van der Waals surface area (Å²) in [6.07, 6.45) is 5.37. The summed E-state index contributed by atoms with van der Waals surface area (Å²) in [5.41, 5.74) is 1.21. The lowest BCUT2D eigenvalue weighted by molar-refractivity contribution is -0.123. The van der Waals surface area contributed by atoms with Crippen LogP contribution in [0.4, 0.5) is 0 Å². The van der Waals surface area contributed by atoms with Crippen molar-refractivity contribution in [3.05, 3.63) is 29.8 Å². The number of hydrogen-bond donors (Lipinski definition) is 3. The van der Waals surface area contributed by atoms with Crippen molar-refractivity contribution in [2.45, 2.75) is 65.0 Å². The number of aliphatic imine (C=N–C) groups is 1. The van der Waals surface area contributed by atoms with Crippen molar-refractivity contribution in [2.75, 3.05) is 39.8 Å². The summed E-state index contributed by atoms with van der Waals surface area (Å²) in [6, 6.07) is 8.68. The van der Waals surface area contributed by atoms with Crippen LogP contribution in [-0.2, 0) is 11.2 Å². The van der Waals surface area contributed by atoms with Crippen molar-refractivity contribution in [1.82, 2.24) is 20.9 Å². The van der Waals surface area contributed by atoms with Crippen molar-refractivity contribution < 1.29 is 9.53 Å². The fourth-order valence-corrected chi connectivity index (χ4v) is 3.38. The zero-order valence-corrected chi connectivity index (χ0v) is 19.7. The molecule has 1 aromatic rings. The van der Waals surface area contributed by atoms with Crippen molar-refractivity contribution in [3.63, 3.8) is 0 Å². The molecule has 174 valence electrons. The van der Waals surface area contributed by atoms with E-state index in [0.717, 1.165) is 63.6 Å². The van der Waals surface area contributed by atoms with Gasteiger partial charge in [-0.25, -0.2) is 0 Å². The summed E-state index contributed by atoms with van der Waals surface area (Å²) in [5, 5.41) is 9.80. The van der Waals surface area contributed by atoms with Gasteiger partial charge in [0.2, 0.25) is 0 Å². The van der Waals surface area contributed by atoms with Gasteiger partial charge < -0.3 is 25.6 Å². The standard InChI is InChI=1S/C24H41N5O2/c1-5-29(6-2)17-7-8-19(3)27-24(25-4)26-16-15-20-9-13-22(14-10-20)31-18-23(30)28-21-11-12-21/h9-10,13-14,19,21H,5-8,11-12,15-18H2,1-4H3,(H,28,30)(H2,25,26,27). The molecule has 7 nitrogen and oxygen atoms in total. The molecule has 0 spiro atoms. The van der Waals surface area contributed by atoms with Gasteiger partial charge in [-0.1, -0.05) is 26.0 Å². The van der Waals surface area contributed by atoms with E-state index in [2.05, 4.69) is 46.6 Å². The Bertz CT molecular complexity index is 669. The summed E-state index contributed by atoms with van der Waals surface area (Å²) in [7, 11) is 1.81. The van der Waals surface area contributed by atoms with Crippen LogP contribution >= 0.6 is 0 Å². The number of nitrogens with zero attached hydrogens (tertiary/aromatic N) is 2. The molecule has 0 aromatic heterocycles. The van der Waals surface area contributed by atoms with Crippen LogP contribution in [0.1, 0.15) is 52.0 Å². The molecular weight excluding hydrogens is 390 g/mol. The largest absolute Gasteiger partial charge is 0.484 e. The van der Waals surface area contributed by atoms with Gasteiger partial charge in [-0.3, -0.25) is 9.79 Å². The van der Waals surface area contributed by atoms with Crippen LogP contribution in [0.2, 0.25) is 0 Å². The molecule has 1 unspecified atom stereocenters. The van der Waals surface area contributed by atoms with E-state index in [4.69, 9.17) is 4.74 Å². The minimum absolute atomic E-state index is 0.0445. The number of rotatable bonds is 14. The number of carbonyl (C=O) groups is 1. The van der Waals surface area contributed by atoms with Gasteiger partial charge in [0.25, 0.3) is 5.91 Å². The summed E-state index contributed by atoms with van der Waals surface area (Å²) in [6.45, 7) is 10.9. The third-order valence-electron chi connectivity index (χ3n) is 5.55. The highest BCUT2D eigenvalue weighted by molar-refractivity contribution is 5.80. The highest BCUT2D eigenvalue weighted by Gasteiger charge is 2.23. The molecule has 1 aliphatic rings. The Morgan fingerprint density at radius 1 is 1.23 bits per heavy atom. The summed E-state index contributed by atoms with van der Waals surface area (Å²) in [5.74, 6) is 1.52. The number of amides is 1. The first-order valence-electron chi connectivity index (χ1n) is 11.7. The van der Waals surface area contributed by atoms with Crippen molar-refractivity contribution in [3.8, 4) is 5.75 Å². The van der Waals surface area contributed by atoms with Crippen LogP contribution < -0.4 is 20.7 Å². The van der Waals surface area contributed by atoms with Crippen LogP contribution in [0.5, 0.6) is 5.75 Å². The second-order valence-corrected chi connectivity index (χ2v) is 8.24. The van der Waals surface area contributed by atoms with E-state index in [0.29, 0.717) is 12.1 Å². The van der Waals surface area contributed by atoms with E-state index in [9.17, 15) is 4.79 Å². The topological polar surface area (TPSA) is 78.0 Å². The lowest BCUT2D eigenvalue weighted by Gasteiger charge is -2.21. The molecule has 0 radical (unpaired) electrons. The predicted octanol–water partition coefficient (Wildman–Crippen LogP) is 2.56. The number of ether oxygens (including phenoxy) is 1. The normalized spacial score (nSPS) is 14.9. The fraction of sp³-hybridized carbons (Fsp3) is 0.667. The van der Waals surface area contributed by atoms with E-state index in [-0.39, 0.29) is 12.5 Å². The van der Waals surface area contributed by atoms with Gasteiger partial charge in [0.05, 0.1) is 0 Å². The smallest absolute Gasteiger partial charge is 0.258 e. The predicted molar refractivity (Wildman–Crippen MR) is 128 cm³/mol. The van der Waals surface area contributed by atoms with Gasteiger partial charge in [0.1, 0.15) is 5.75 Å². The van der Waals surface area contributed by atoms with Gasteiger partial charge in [0.15, 0.2) is 12.6 Å². The van der Waals surface area contributed by atoms with Gasteiger partial charge >= 0.3 is 0 Å². The Kier molecular flexibility index (Phi) is 11.2. The van der Waals surface area contributed by atoms with Gasteiger partial charge in [0, 0.05) is 25.7 Å². The Morgan fingerprint density at radius 2 is 1.94 bits per heavy atom. The van der Waals surface area contributed by atoms with Crippen LogP contribution in [0.3, 0.4) is 0 Å². The number of carbonyl (C=O) groups excluding carboxylic acids is 1. The van der Waals surface area contributed by atoms with Gasteiger partial charge in [-0.15, -0.1) is 0 Å². The van der Waals surface area contributed by atoms with Crippen molar-refractivity contribution >= 4 is 11.9 Å². The second-order valence-electron chi connectivity index (χ2n) is 8.24. The van der Waals surface area contributed by atoms with E-state index in [1.54, 1.807) is 0 Å². The number of hydrogen-bond acceptors (Lipinski definition) is 4. The van der Waals surface area contributed by atoms with Crippen LogP contribution in [0.15, 0.2) is 29.3 Å². The average Bonchev–Trinajstić information content (AvgIpc) is 3.59. The number of nitrogens with one attached hydrogen (secondary N) is 3. The van der Waals surface area contributed by atoms with Crippen LogP contribution in [0, 0.1) is 0 Å². The highest BCUT2D eigenvalue weighted by Crippen LogP contribution is 2.18. The molecule has 1 amide bonds. The number of guanidine groups is 1. The number of benzene rings is 1. The average molecular weight is 432 g/mol. The summed E-state index contributed by atoms with van der Waals surface area (Å²) >= 11 is 0. The highest BCUT2D eigenvalue weighted by atomic mass is 16.5. The van der Waals surface area contributed by atoms with Crippen LogP contribution in [0.25, 0.3) is 0 Å². The molecule has 1 fully saturated rings. The first-order valence-corrected chi connectivity index (χ1v) is 11.7. The Labute approximate surface area is 188 Å². The molecule has 0 heterocycles. The third-order valence-corrected chi connectivity index (χ3v) is 5.55. The quantitative estimate of drug-likeness (QED) is 0.312. The molecule has 1 saturated carbocycles. The van der Waals surface area contributed by atoms with Crippen LogP contribution in [-0.4, -0.2) is 68.7 Å². The second kappa shape index (κ2) is 13.9. The van der Waals surface area contributed by atoms with E-state index in [1.165, 1.54) is 12.0 Å². The Hall–Kier alpha value is -2.28. The fourth-order valence-electron chi connectivity index (χ4n) is 3.38. The lowest BCUT2D eigenvalue weighted by atomic mass is 10.1. The third kappa shape index (κ3) is 10.5. The molecular formula is C24H41N5O2. The lowest BCUT2D eigenvalue weighted by Crippen LogP contribution is -2.43. The molecule has 1 aliphatic carbocycles. The van der Waals surface area contributed by atoms with Gasteiger partial charge in [-0.2, -0.15) is 0 Å². The molecule has 1 aromatic carbocycles. The van der Waals surface area contributed by atoms with Gasteiger partial charge in [-0.05, 0) is 76.4 Å². The molecule has 0 saturated heterocycles. The molecule has 2 rings (SSSR count). The molecule has 0 bridgehead atoms. The zero-order valence-electron chi connectivity index (χ0n) is 19.7. The Balaban J connectivity index is 1.62. The molecule has 7 heteroatoms. The summed E-state index contributed by atoms with van der Waals surface area (Å²) < 4.78 is 5.56. The maximum Gasteiger partial charge on any atom is 0.258 e. The van der Waals surface area contributed by atoms with E-state index < -0.39 is 0 Å².